The van der Waals surface area contributed by atoms with Gasteiger partial charge in [-0.2, -0.15) is 0 Å². The number of piperidine rings is 1. The van der Waals surface area contributed by atoms with Crippen LogP contribution in [0.3, 0.4) is 0 Å². The highest BCUT2D eigenvalue weighted by Crippen LogP contribution is 2.26. The van der Waals surface area contributed by atoms with E-state index < -0.39 is 6.09 Å². The lowest BCUT2D eigenvalue weighted by Gasteiger charge is -2.31. The molecular formula is C23H26ClN3O3. The third kappa shape index (κ3) is 5.12. The second kappa shape index (κ2) is 9.49. The second-order valence-corrected chi connectivity index (χ2v) is 8.23. The number of halogens is 1. The zero-order valence-corrected chi connectivity index (χ0v) is 17.6. The number of ether oxygens (including phenoxy) is 1. The number of carbonyl (C=O) groups excluding carboxylic acids is 2. The summed E-state index contributed by atoms with van der Waals surface area (Å²) in [5, 5.41) is 6.71. The van der Waals surface area contributed by atoms with Gasteiger partial charge in [0.05, 0.1) is 0 Å². The van der Waals surface area contributed by atoms with Crippen LogP contribution < -0.4 is 10.6 Å². The summed E-state index contributed by atoms with van der Waals surface area (Å²) in [5.74, 6) is 0.228. The molecule has 30 heavy (non-hydrogen) atoms. The quantitative estimate of drug-likeness (QED) is 0.666. The molecule has 0 bridgehead atoms. The molecule has 0 radical (unpaired) electrons. The predicted molar refractivity (Wildman–Crippen MR) is 119 cm³/mol. The van der Waals surface area contributed by atoms with Gasteiger partial charge in [0.25, 0.3) is 0 Å². The number of likely N-dealkylation sites (tertiary alicyclic amines) is 1. The smallest absolute Gasteiger partial charge is 0.411 e. The molecule has 0 unspecified atom stereocenters. The Hall–Kier alpha value is -2.57. The van der Waals surface area contributed by atoms with Gasteiger partial charge in [0.15, 0.2) is 5.78 Å². The normalized spacial score (nSPS) is 16.6. The Bertz CT molecular complexity index is 908. The number of nitrogens with zero attached hydrogens (tertiary/aromatic N) is 1. The van der Waals surface area contributed by atoms with Crippen LogP contribution in [0.2, 0.25) is 5.02 Å². The Kier molecular flexibility index (Phi) is 6.55. The molecule has 2 aromatic carbocycles. The Labute approximate surface area is 181 Å². The fourth-order valence-electron chi connectivity index (χ4n) is 4.06. The van der Waals surface area contributed by atoms with Gasteiger partial charge in [-0.25, -0.2) is 4.79 Å². The SMILES string of the molecule is O=C(Nc1ccc2c(c1)NCC2)OCCN1CCC(C(=O)c2ccc(Cl)cc2)CC1. The van der Waals surface area contributed by atoms with Crippen molar-refractivity contribution in [3.05, 3.63) is 58.6 Å². The molecule has 158 valence electrons. The number of benzene rings is 2. The molecule has 0 spiro atoms. The third-order valence-electron chi connectivity index (χ3n) is 5.79. The number of amides is 1. The summed E-state index contributed by atoms with van der Waals surface area (Å²) in [6, 6.07) is 13.0. The van der Waals surface area contributed by atoms with Gasteiger partial charge in [0, 0.05) is 41.0 Å². The zero-order valence-electron chi connectivity index (χ0n) is 16.8. The molecule has 2 aliphatic heterocycles. The van der Waals surface area contributed by atoms with E-state index in [9.17, 15) is 9.59 Å². The van der Waals surface area contributed by atoms with Gasteiger partial charge in [0.1, 0.15) is 6.61 Å². The van der Waals surface area contributed by atoms with E-state index in [1.54, 1.807) is 24.3 Å². The first-order chi connectivity index (χ1) is 14.6. The molecule has 0 saturated carbocycles. The minimum atomic E-state index is -0.444. The summed E-state index contributed by atoms with van der Waals surface area (Å²) >= 11 is 5.90. The first kappa shape index (κ1) is 20.7. The average molecular weight is 428 g/mol. The summed E-state index contributed by atoms with van der Waals surface area (Å²) in [5.41, 5.74) is 3.80. The van der Waals surface area contributed by atoms with Gasteiger partial charge in [-0.3, -0.25) is 15.0 Å². The fraction of sp³-hybridized carbons (Fsp3) is 0.391. The second-order valence-electron chi connectivity index (χ2n) is 7.80. The third-order valence-corrected chi connectivity index (χ3v) is 6.05. The molecule has 1 fully saturated rings. The van der Waals surface area contributed by atoms with Gasteiger partial charge in [-0.05, 0) is 74.3 Å². The number of anilines is 2. The fourth-order valence-corrected chi connectivity index (χ4v) is 4.18. The monoisotopic (exact) mass is 427 g/mol. The molecule has 4 rings (SSSR count). The van der Waals surface area contributed by atoms with Crippen LogP contribution in [0.5, 0.6) is 0 Å². The highest BCUT2D eigenvalue weighted by Gasteiger charge is 2.25. The molecule has 0 atom stereocenters. The molecular weight excluding hydrogens is 402 g/mol. The van der Waals surface area contributed by atoms with Crippen molar-refractivity contribution in [2.75, 3.05) is 43.4 Å². The van der Waals surface area contributed by atoms with E-state index in [1.807, 2.05) is 18.2 Å². The zero-order chi connectivity index (χ0) is 20.9. The molecule has 0 aromatic heterocycles. The van der Waals surface area contributed by atoms with Crippen LogP contribution in [0, 0.1) is 5.92 Å². The molecule has 1 saturated heterocycles. The van der Waals surface area contributed by atoms with Crippen LogP contribution in [0.15, 0.2) is 42.5 Å². The molecule has 1 amide bonds. The van der Waals surface area contributed by atoms with Crippen LogP contribution in [-0.2, 0) is 11.2 Å². The summed E-state index contributed by atoms with van der Waals surface area (Å²) in [7, 11) is 0. The lowest BCUT2D eigenvalue weighted by atomic mass is 9.89. The molecule has 2 aliphatic rings. The van der Waals surface area contributed by atoms with Crippen LogP contribution in [-0.4, -0.2) is 49.6 Å². The summed E-state index contributed by atoms with van der Waals surface area (Å²) in [4.78, 5) is 26.9. The van der Waals surface area contributed by atoms with Crippen LogP contribution in [0.1, 0.15) is 28.8 Å². The largest absolute Gasteiger partial charge is 0.448 e. The number of ketones is 1. The highest BCUT2D eigenvalue weighted by atomic mass is 35.5. The first-order valence-corrected chi connectivity index (χ1v) is 10.8. The standard InChI is InChI=1S/C23H26ClN3O3/c24-19-4-1-17(2-5-19)22(28)18-8-11-27(12-9-18)13-14-30-23(29)26-20-6-3-16-7-10-25-21(16)15-20/h1-6,15,18,25H,7-14H2,(H,26,29). The van der Waals surface area contributed by atoms with E-state index in [4.69, 9.17) is 16.3 Å². The van der Waals surface area contributed by atoms with E-state index in [0.29, 0.717) is 18.2 Å². The number of hydrogen-bond acceptors (Lipinski definition) is 5. The molecule has 7 heteroatoms. The lowest BCUT2D eigenvalue weighted by Crippen LogP contribution is -2.38. The van der Waals surface area contributed by atoms with Crippen LogP contribution in [0.4, 0.5) is 16.2 Å². The Balaban J connectivity index is 1.16. The number of carbonyl (C=O) groups is 2. The van der Waals surface area contributed by atoms with Gasteiger partial charge in [0.2, 0.25) is 0 Å². The minimum absolute atomic E-state index is 0.0417. The van der Waals surface area contributed by atoms with Crippen LogP contribution >= 0.6 is 11.6 Å². The van der Waals surface area contributed by atoms with Crippen molar-refractivity contribution in [3.8, 4) is 0 Å². The van der Waals surface area contributed by atoms with Crippen LogP contribution in [0.25, 0.3) is 0 Å². The highest BCUT2D eigenvalue weighted by molar-refractivity contribution is 6.30. The van der Waals surface area contributed by atoms with E-state index in [1.165, 1.54) is 5.56 Å². The minimum Gasteiger partial charge on any atom is -0.448 e. The van der Waals surface area contributed by atoms with Crippen molar-refractivity contribution in [1.29, 1.82) is 0 Å². The maximum Gasteiger partial charge on any atom is 0.411 e. The molecule has 0 aliphatic carbocycles. The van der Waals surface area contributed by atoms with Gasteiger partial charge < -0.3 is 10.1 Å². The average Bonchev–Trinajstić information content (AvgIpc) is 3.22. The first-order valence-electron chi connectivity index (χ1n) is 10.4. The summed E-state index contributed by atoms with van der Waals surface area (Å²) in [6.45, 7) is 3.58. The number of hydrogen-bond donors (Lipinski definition) is 2. The van der Waals surface area contributed by atoms with Crippen molar-refractivity contribution in [2.45, 2.75) is 19.3 Å². The summed E-state index contributed by atoms with van der Waals surface area (Å²) < 4.78 is 5.33. The van der Waals surface area contributed by atoms with E-state index in [0.717, 1.165) is 55.8 Å². The van der Waals surface area contributed by atoms with Gasteiger partial charge in [-0.1, -0.05) is 17.7 Å². The maximum absolute atomic E-state index is 12.6. The van der Waals surface area contributed by atoms with E-state index in [-0.39, 0.29) is 11.7 Å². The summed E-state index contributed by atoms with van der Waals surface area (Å²) in [6.07, 6.45) is 2.20. The van der Waals surface area contributed by atoms with Crippen molar-refractivity contribution >= 4 is 34.9 Å². The lowest BCUT2D eigenvalue weighted by molar-refractivity contribution is 0.0813. The molecule has 2 heterocycles. The Morgan fingerprint density at radius 2 is 1.90 bits per heavy atom. The molecule has 2 N–H and O–H groups in total. The molecule has 2 aromatic rings. The molecule has 6 nitrogen and oxygen atoms in total. The number of Topliss-reactive ketones (excluding diaryl/α,β-unsaturated/α-hetero) is 1. The Morgan fingerprint density at radius 1 is 1.13 bits per heavy atom. The predicted octanol–water partition coefficient (Wildman–Crippen LogP) is 4.45. The number of nitrogens with one attached hydrogen (secondary N) is 2. The maximum atomic E-state index is 12.6. The topological polar surface area (TPSA) is 70.7 Å². The van der Waals surface area contributed by atoms with Crippen molar-refractivity contribution in [1.82, 2.24) is 4.90 Å². The van der Waals surface area contributed by atoms with Crippen molar-refractivity contribution in [3.63, 3.8) is 0 Å². The van der Waals surface area contributed by atoms with E-state index >= 15 is 0 Å². The van der Waals surface area contributed by atoms with Gasteiger partial charge >= 0.3 is 6.09 Å². The number of fused-ring (bicyclic) bond motifs is 1. The number of rotatable bonds is 6. The Morgan fingerprint density at radius 3 is 2.67 bits per heavy atom. The van der Waals surface area contributed by atoms with Crippen molar-refractivity contribution < 1.29 is 14.3 Å². The van der Waals surface area contributed by atoms with Gasteiger partial charge in [-0.15, -0.1) is 0 Å². The van der Waals surface area contributed by atoms with E-state index in [2.05, 4.69) is 15.5 Å². The van der Waals surface area contributed by atoms with Crippen molar-refractivity contribution in [2.24, 2.45) is 5.92 Å².